The van der Waals surface area contributed by atoms with Crippen molar-refractivity contribution >= 4 is 45.9 Å². The van der Waals surface area contributed by atoms with E-state index in [2.05, 4.69) is 36.1 Å². The second kappa shape index (κ2) is 6.60. The molecule has 2 saturated carbocycles. The summed E-state index contributed by atoms with van der Waals surface area (Å²) in [4.78, 5) is 3.85. The maximum absolute atomic E-state index is 17.4. The van der Waals surface area contributed by atoms with Crippen LogP contribution < -0.4 is 26.2 Å². The Hall–Kier alpha value is -2.82. The first kappa shape index (κ1) is 19.3. The first-order valence-electron chi connectivity index (χ1n) is 15.1. The summed E-state index contributed by atoms with van der Waals surface area (Å²) in [5, 5.41) is 0. The van der Waals surface area contributed by atoms with Crippen LogP contribution >= 0.6 is 0 Å². The molecule has 186 valence electrons. The Bertz CT molecular complexity index is 1550. The zero-order valence-corrected chi connectivity index (χ0v) is 21.4. The molecule has 2 aliphatic carbocycles. The van der Waals surface area contributed by atoms with Gasteiger partial charge in [-0.2, -0.15) is 0 Å². The summed E-state index contributed by atoms with van der Waals surface area (Å²) in [7, 11) is 0. The molecule has 0 bridgehead atoms. The highest BCUT2D eigenvalue weighted by atomic mass is 19.2. The van der Waals surface area contributed by atoms with E-state index in [0.717, 1.165) is 63.0 Å². The zero-order valence-electron chi connectivity index (χ0n) is 23.4. The van der Waals surface area contributed by atoms with E-state index in [9.17, 15) is 2.74 Å². The first-order valence-corrected chi connectivity index (χ1v) is 14.1. The standard InChI is InChI=1S/C32H31BF2N2/c1-18-14-21-20-8-3-4-9-25(20)36-26-10-7-11-27-28(26)33(23(16-18)29(21)36)24-17-19(2)15-22-30(24)37(27)32(35)13-6-5-12-31(22,32)34/h7,10-11,14-17,20,25H,3-6,8-9,12-13H2,1-2H3/i20D,25D. The lowest BCUT2D eigenvalue weighted by atomic mass is 9.33. The van der Waals surface area contributed by atoms with Gasteiger partial charge in [0.15, 0.2) is 5.67 Å². The SMILES string of the molecule is [2H]C12CCCCC1([2H])N1c3cccc4c3B(c3cc(C)cc2c31)c1cc(C)cc2c1N4C1(F)CCCCC21F. The lowest BCUT2D eigenvalue weighted by Gasteiger charge is -2.48. The third-order valence-corrected chi connectivity index (χ3v) is 10.2. The number of rotatable bonds is 0. The zero-order chi connectivity index (χ0) is 26.7. The molecule has 2 fully saturated rings. The molecule has 0 aromatic heterocycles. The van der Waals surface area contributed by atoms with Crippen LogP contribution in [0.4, 0.5) is 31.5 Å². The number of hydrogen-bond acceptors (Lipinski definition) is 2. The second-order valence-corrected chi connectivity index (χ2v) is 12.2. The van der Waals surface area contributed by atoms with Crippen molar-refractivity contribution in [1.29, 1.82) is 0 Å². The van der Waals surface area contributed by atoms with Gasteiger partial charge in [-0.25, -0.2) is 8.78 Å². The van der Waals surface area contributed by atoms with Crippen LogP contribution in [0.5, 0.6) is 0 Å². The molecule has 5 heteroatoms. The largest absolute Gasteiger partial charge is 0.338 e. The average Bonchev–Trinajstić information content (AvgIpc) is 3.24. The van der Waals surface area contributed by atoms with E-state index >= 15 is 8.78 Å². The van der Waals surface area contributed by atoms with Crippen LogP contribution in [0, 0.1) is 13.8 Å². The summed E-state index contributed by atoms with van der Waals surface area (Å²) >= 11 is 0. The summed E-state index contributed by atoms with van der Waals surface area (Å²) in [5.74, 6) is -3.17. The van der Waals surface area contributed by atoms with Crippen molar-refractivity contribution < 1.29 is 11.5 Å². The van der Waals surface area contributed by atoms with Crippen molar-refractivity contribution in [3.63, 3.8) is 0 Å². The minimum atomic E-state index is -2.14. The molecule has 2 nitrogen and oxygen atoms in total. The van der Waals surface area contributed by atoms with Gasteiger partial charge in [-0.1, -0.05) is 54.3 Å². The Morgan fingerprint density at radius 2 is 1.62 bits per heavy atom. The molecule has 4 heterocycles. The molecule has 4 unspecified atom stereocenters. The van der Waals surface area contributed by atoms with Crippen LogP contribution in [-0.2, 0) is 5.67 Å². The van der Waals surface area contributed by atoms with Gasteiger partial charge < -0.3 is 9.80 Å². The number of halogens is 2. The van der Waals surface area contributed by atoms with E-state index in [-0.39, 0.29) is 19.6 Å². The predicted molar refractivity (Wildman–Crippen MR) is 148 cm³/mol. The van der Waals surface area contributed by atoms with Crippen LogP contribution in [0.1, 0.15) is 82.3 Å². The summed E-state index contributed by atoms with van der Waals surface area (Å²) in [6.07, 6.45) is 4.82. The van der Waals surface area contributed by atoms with Gasteiger partial charge in [-0.05, 0) is 80.0 Å². The minimum Gasteiger partial charge on any atom is -0.338 e. The molecule has 3 aromatic rings. The molecule has 37 heavy (non-hydrogen) atoms. The molecule has 3 aromatic carbocycles. The second-order valence-electron chi connectivity index (χ2n) is 12.2. The van der Waals surface area contributed by atoms with Crippen LogP contribution in [-0.4, -0.2) is 18.5 Å². The van der Waals surface area contributed by atoms with Gasteiger partial charge in [-0.3, -0.25) is 0 Å². The molecule has 0 amide bonds. The van der Waals surface area contributed by atoms with Gasteiger partial charge in [0.1, 0.15) is 0 Å². The quantitative estimate of drug-likeness (QED) is 0.272. The lowest BCUT2D eigenvalue weighted by Crippen LogP contribution is -2.64. The molecule has 4 aliphatic heterocycles. The highest BCUT2D eigenvalue weighted by molar-refractivity contribution is 7.00. The maximum Gasteiger partial charge on any atom is 0.252 e. The van der Waals surface area contributed by atoms with Crippen LogP contribution in [0.15, 0.2) is 42.5 Å². The van der Waals surface area contributed by atoms with Crippen LogP contribution in [0.3, 0.4) is 0 Å². The van der Waals surface area contributed by atoms with Gasteiger partial charge in [0, 0.05) is 48.0 Å². The van der Waals surface area contributed by atoms with Crippen molar-refractivity contribution in [2.75, 3.05) is 9.80 Å². The van der Waals surface area contributed by atoms with Gasteiger partial charge in [-0.15, -0.1) is 0 Å². The molecule has 0 N–H and O–H groups in total. The molecule has 9 rings (SSSR count). The van der Waals surface area contributed by atoms with E-state index in [1.54, 1.807) is 4.90 Å². The number of aryl methyl sites for hydroxylation is 2. The fourth-order valence-electron chi connectivity index (χ4n) is 8.85. The first-order chi connectivity index (χ1) is 18.6. The smallest absolute Gasteiger partial charge is 0.252 e. The Labute approximate surface area is 220 Å². The number of nitrogens with zero attached hydrogens (tertiary/aromatic N) is 2. The molecule has 0 radical (unpaired) electrons. The summed E-state index contributed by atoms with van der Waals surface area (Å²) in [6.45, 7) is 3.89. The number of alkyl halides is 2. The summed E-state index contributed by atoms with van der Waals surface area (Å²) in [6, 6.07) is 13.2. The molecule has 0 spiro atoms. The molecule has 4 atom stereocenters. The fourth-order valence-corrected chi connectivity index (χ4v) is 8.85. The van der Waals surface area contributed by atoms with Crippen molar-refractivity contribution in [3.05, 3.63) is 64.7 Å². The van der Waals surface area contributed by atoms with E-state index in [1.165, 1.54) is 0 Å². The number of benzene rings is 3. The van der Waals surface area contributed by atoms with E-state index in [4.69, 9.17) is 0 Å². The Balaban J connectivity index is 1.44. The third-order valence-electron chi connectivity index (χ3n) is 10.2. The van der Waals surface area contributed by atoms with Crippen molar-refractivity contribution in [1.82, 2.24) is 0 Å². The fraction of sp³-hybridized carbons (Fsp3) is 0.438. The lowest BCUT2D eigenvalue weighted by molar-refractivity contribution is -0.0615. The highest BCUT2D eigenvalue weighted by Gasteiger charge is 2.68. The molecule has 0 saturated heterocycles. The summed E-state index contributed by atoms with van der Waals surface area (Å²) in [5.41, 5.74) is 7.78. The third kappa shape index (κ3) is 2.23. The molecular weight excluding hydrogens is 461 g/mol. The van der Waals surface area contributed by atoms with Crippen molar-refractivity contribution in [2.45, 2.75) is 88.6 Å². The van der Waals surface area contributed by atoms with E-state index in [0.29, 0.717) is 36.9 Å². The number of anilines is 4. The van der Waals surface area contributed by atoms with E-state index < -0.39 is 23.4 Å². The maximum atomic E-state index is 17.4. The van der Waals surface area contributed by atoms with Crippen molar-refractivity contribution in [2.24, 2.45) is 0 Å². The van der Waals surface area contributed by atoms with Crippen molar-refractivity contribution in [3.8, 4) is 0 Å². The monoisotopic (exact) mass is 494 g/mol. The normalized spacial score (nSPS) is 36.3. The highest BCUT2D eigenvalue weighted by Crippen LogP contribution is 2.63. The summed E-state index contributed by atoms with van der Waals surface area (Å²) < 4.78 is 54.3. The van der Waals surface area contributed by atoms with Crippen LogP contribution in [0.2, 0.25) is 0 Å². The number of fused-ring (bicyclic) bond motifs is 10. The Kier molecular flexibility index (Phi) is 3.44. The predicted octanol–water partition coefficient (Wildman–Crippen LogP) is 6.18. The topological polar surface area (TPSA) is 6.48 Å². The van der Waals surface area contributed by atoms with Gasteiger partial charge in [0.05, 0.1) is 1.37 Å². The average molecular weight is 494 g/mol. The van der Waals surface area contributed by atoms with Gasteiger partial charge in [0.2, 0.25) is 5.79 Å². The van der Waals surface area contributed by atoms with Gasteiger partial charge >= 0.3 is 0 Å². The molecule has 6 aliphatic rings. The minimum absolute atomic E-state index is 0.159. The van der Waals surface area contributed by atoms with E-state index in [1.807, 2.05) is 25.1 Å². The molecular formula is C32H31BF2N2. The number of hydrogen-bond donors (Lipinski definition) is 0. The Morgan fingerprint density at radius 1 is 0.892 bits per heavy atom. The van der Waals surface area contributed by atoms with Crippen LogP contribution in [0.25, 0.3) is 0 Å². The Morgan fingerprint density at radius 3 is 2.49 bits per heavy atom. The van der Waals surface area contributed by atoms with Gasteiger partial charge in [0.25, 0.3) is 6.71 Å².